The smallest absolute Gasteiger partial charge is 0.250 e. The Bertz CT molecular complexity index is 487. The lowest BCUT2D eigenvalue weighted by molar-refractivity contribution is 0.415. The lowest BCUT2D eigenvalue weighted by Crippen LogP contribution is -1.88. The molecule has 1 heterocycles. The zero-order chi connectivity index (χ0) is 10.1. The first-order valence-corrected chi connectivity index (χ1v) is 4.29. The van der Waals surface area contributed by atoms with E-state index in [4.69, 9.17) is 16.3 Å². The molecule has 0 aliphatic rings. The van der Waals surface area contributed by atoms with Crippen LogP contribution < -0.4 is 4.74 Å². The van der Waals surface area contributed by atoms with Crippen LogP contribution in [-0.4, -0.2) is 22.2 Å². The molecule has 0 amide bonds. The molecule has 0 aliphatic heterocycles. The molecular weight excluding hydrogens is 204 g/mol. The summed E-state index contributed by atoms with van der Waals surface area (Å²) in [5, 5.41) is 9.20. The van der Waals surface area contributed by atoms with Gasteiger partial charge < -0.3 is 9.84 Å². The van der Waals surface area contributed by atoms with Crippen LogP contribution >= 0.6 is 11.6 Å². The second kappa shape index (κ2) is 3.31. The van der Waals surface area contributed by atoms with Crippen LogP contribution in [0.15, 0.2) is 18.2 Å². The summed E-state index contributed by atoms with van der Waals surface area (Å²) in [7, 11) is 1.57. The van der Waals surface area contributed by atoms with Crippen LogP contribution in [0.4, 0.5) is 0 Å². The van der Waals surface area contributed by atoms with Gasteiger partial charge in [-0.25, -0.2) is 9.97 Å². The molecule has 0 aliphatic carbocycles. The fraction of sp³-hybridized carbons (Fsp3) is 0.111. The van der Waals surface area contributed by atoms with Gasteiger partial charge in [0.15, 0.2) is 5.15 Å². The van der Waals surface area contributed by atoms with Gasteiger partial charge in [0.25, 0.3) is 0 Å². The zero-order valence-corrected chi connectivity index (χ0v) is 8.12. The van der Waals surface area contributed by atoms with E-state index in [0.29, 0.717) is 16.8 Å². The molecule has 0 saturated heterocycles. The third kappa shape index (κ3) is 1.44. The number of aromatic hydroxyl groups is 1. The van der Waals surface area contributed by atoms with Crippen molar-refractivity contribution in [2.75, 3.05) is 7.11 Å². The van der Waals surface area contributed by atoms with Gasteiger partial charge in [-0.3, -0.25) is 0 Å². The van der Waals surface area contributed by atoms with Crippen LogP contribution in [0.1, 0.15) is 0 Å². The second-order valence-corrected chi connectivity index (χ2v) is 3.05. The Morgan fingerprint density at radius 2 is 2.07 bits per heavy atom. The van der Waals surface area contributed by atoms with Crippen LogP contribution in [-0.2, 0) is 0 Å². The number of ether oxygens (including phenoxy) is 1. The molecule has 72 valence electrons. The molecule has 0 saturated carbocycles. The van der Waals surface area contributed by atoms with Crippen molar-refractivity contribution >= 4 is 22.6 Å². The molecular formula is C9H7ClN2O2. The number of aromatic nitrogens is 2. The van der Waals surface area contributed by atoms with Gasteiger partial charge in [-0.05, 0) is 12.1 Å². The Morgan fingerprint density at radius 1 is 1.29 bits per heavy atom. The van der Waals surface area contributed by atoms with E-state index in [-0.39, 0.29) is 11.0 Å². The molecule has 0 spiro atoms. The number of fused-ring (bicyclic) bond motifs is 1. The molecule has 0 radical (unpaired) electrons. The van der Waals surface area contributed by atoms with E-state index in [9.17, 15) is 5.11 Å². The van der Waals surface area contributed by atoms with E-state index in [1.807, 2.05) is 0 Å². The molecule has 0 fully saturated rings. The summed E-state index contributed by atoms with van der Waals surface area (Å²) in [4.78, 5) is 7.81. The first kappa shape index (κ1) is 9.02. The highest BCUT2D eigenvalue weighted by Gasteiger charge is 2.05. The van der Waals surface area contributed by atoms with Gasteiger partial charge in [0.1, 0.15) is 5.75 Å². The van der Waals surface area contributed by atoms with Crippen LogP contribution in [0.5, 0.6) is 11.6 Å². The highest BCUT2D eigenvalue weighted by molar-refractivity contribution is 6.30. The van der Waals surface area contributed by atoms with Gasteiger partial charge >= 0.3 is 0 Å². The summed E-state index contributed by atoms with van der Waals surface area (Å²) < 4.78 is 5.02. The van der Waals surface area contributed by atoms with Crippen molar-refractivity contribution in [3.8, 4) is 11.6 Å². The Hall–Kier alpha value is -1.55. The van der Waals surface area contributed by atoms with Gasteiger partial charge in [-0.1, -0.05) is 11.6 Å². The number of methoxy groups -OCH3 is 1. The average Bonchev–Trinajstić information content (AvgIpc) is 2.19. The first-order valence-electron chi connectivity index (χ1n) is 3.91. The van der Waals surface area contributed by atoms with Crippen molar-refractivity contribution < 1.29 is 9.84 Å². The summed E-state index contributed by atoms with van der Waals surface area (Å²) in [6.45, 7) is 0. The number of hydrogen-bond donors (Lipinski definition) is 1. The summed E-state index contributed by atoms with van der Waals surface area (Å²) in [6.07, 6.45) is 0. The maximum Gasteiger partial charge on any atom is 0.250 e. The molecule has 0 atom stereocenters. The minimum absolute atomic E-state index is 0.00856. The second-order valence-electron chi connectivity index (χ2n) is 2.69. The van der Waals surface area contributed by atoms with E-state index in [0.717, 1.165) is 0 Å². The average molecular weight is 211 g/mol. The van der Waals surface area contributed by atoms with E-state index in [1.165, 1.54) is 0 Å². The summed E-state index contributed by atoms with van der Waals surface area (Å²) in [5.74, 6) is 0.415. The SMILES string of the molecule is COc1ccc2nc(O)c(Cl)nc2c1. The third-order valence-electron chi connectivity index (χ3n) is 1.81. The number of nitrogens with zero attached hydrogens (tertiary/aromatic N) is 2. The highest BCUT2D eigenvalue weighted by atomic mass is 35.5. The fourth-order valence-corrected chi connectivity index (χ4v) is 1.26. The fourth-order valence-electron chi connectivity index (χ4n) is 1.13. The molecule has 0 bridgehead atoms. The van der Waals surface area contributed by atoms with E-state index in [2.05, 4.69) is 9.97 Å². The number of benzene rings is 1. The van der Waals surface area contributed by atoms with Crippen molar-refractivity contribution in [2.24, 2.45) is 0 Å². The third-order valence-corrected chi connectivity index (χ3v) is 2.07. The predicted octanol–water partition coefficient (Wildman–Crippen LogP) is 2.00. The first-order chi connectivity index (χ1) is 6.70. The normalized spacial score (nSPS) is 10.4. The largest absolute Gasteiger partial charge is 0.497 e. The minimum atomic E-state index is -0.260. The van der Waals surface area contributed by atoms with Crippen molar-refractivity contribution in [2.45, 2.75) is 0 Å². The number of halogens is 1. The van der Waals surface area contributed by atoms with Crippen molar-refractivity contribution in [1.29, 1.82) is 0 Å². The van der Waals surface area contributed by atoms with E-state index in [1.54, 1.807) is 25.3 Å². The number of hydrogen-bond acceptors (Lipinski definition) is 4. The van der Waals surface area contributed by atoms with Crippen molar-refractivity contribution in [3.05, 3.63) is 23.4 Å². The Morgan fingerprint density at radius 3 is 2.79 bits per heavy atom. The maximum atomic E-state index is 9.21. The summed E-state index contributed by atoms with van der Waals surface area (Å²) >= 11 is 5.62. The van der Waals surface area contributed by atoms with Gasteiger partial charge in [0.05, 0.1) is 18.1 Å². The molecule has 5 heteroatoms. The van der Waals surface area contributed by atoms with Crippen molar-refractivity contribution in [1.82, 2.24) is 9.97 Å². The number of rotatable bonds is 1. The van der Waals surface area contributed by atoms with Crippen molar-refractivity contribution in [3.63, 3.8) is 0 Å². The lowest BCUT2D eigenvalue weighted by atomic mass is 10.3. The molecule has 14 heavy (non-hydrogen) atoms. The van der Waals surface area contributed by atoms with E-state index < -0.39 is 0 Å². The quantitative estimate of drug-likeness (QED) is 0.782. The van der Waals surface area contributed by atoms with Gasteiger partial charge in [-0.15, -0.1) is 0 Å². The standard InChI is InChI=1S/C9H7ClN2O2/c1-14-5-2-3-6-7(4-5)11-8(10)9(13)12-6/h2-4H,1H3,(H,12,13). The monoisotopic (exact) mass is 210 g/mol. The Labute approximate surface area is 85.1 Å². The van der Waals surface area contributed by atoms with E-state index >= 15 is 0 Å². The van der Waals surface area contributed by atoms with Crippen LogP contribution in [0.3, 0.4) is 0 Å². The molecule has 4 nitrogen and oxygen atoms in total. The molecule has 1 aromatic carbocycles. The van der Waals surface area contributed by atoms with Gasteiger partial charge in [0.2, 0.25) is 5.88 Å². The van der Waals surface area contributed by atoms with Crippen LogP contribution in [0.2, 0.25) is 5.15 Å². The van der Waals surface area contributed by atoms with Crippen LogP contribution in [0, 0.1) is 0 Å². The van der Waals surface area contributed by atoms with Crippen LogP contribution in [0.25, 0.3) is 11.0 Å². The minimum Gasteiger partial charge on any atom is -0.497 e. The molecule has 2 rings (SSSR count). The molecule has 2 aromatic rings. The van der Waals surface area contributed by atoms with Gasteiger partial charge in [0, 0.05) is 6.07 Å². The topological polar surface area (TPSA) is 55.2 Å². The summed E-state index contributed by atoms with van der Waals surface area (Å²) in [6, 6.07) is 5.15. The summed E-state index contributed by atoms with van der Waals surface area (Å²) in [5.41, 5.74) is 1.17. The molecule has 1 aromatic heterocycles. The Kier molecular flexibility index (Phi) is 2.13. The highest BCUT2D eigenvalue weighted by Crippen LogP contribution is 2.24. The maximum absolute atomic E-state index is 9.21. The molecule has 0 unspecified atom stereocenters. The molecule has 1 N–H and O–H groups in total. The Balaban J connectivity index is 2.70. The zero-order valence-electron chi connectivity index (χ0n) is 7.36. The predicted molar refractivity (Wildman–Crippen MR) is 52.8 cm³/mol. The lowest BCUT2D eigenvalue weighted by Gasteiger charge is -2.02. The van der Waals surface area contributed by atoms with Gasteiger partial charge in [-0.2, -0.15) is 0 Å².